The van der Waals surface area contributed by atoms with Crippen molar-refractivity contribution < 1.29 is 64.5 Å². The summed E-state index contributed by atoms with van der Waals surface area (Å²) >= 11 is 0. The van der Waals surface area contributed by atoms with Crippen LogP contribution in [0.4, 0.5) is 0 Å². The maximum atomic E-state index is 10.7. The molecule has 6 aliphatic rings. The topological polar surface area (TPSA) is 211 Å². The smallest absolute Gasteiger partial charge is 0.229 e. The molecule has 14 heteroatoms. The minimum atomic E-state index is -1.61. The van der Waals surface area contributed by atoms with E-state index in [9.17, 15) is 40.9 Å². The van der Waals surface area contributed by atoms with Gasteiger partial charge >= 0.3 is 0 Å². The molecule has 0 saturated carbocycles. The second-order valence-electron chi connectivity index (χ2n) is 12.5. The Bertz CT molecular complexity index is 1240. The maximum absolute atomic E-state index is 10.7. The summed E-state index contributed by atoms with van der Waals surface area (Å²) in [6.45, 7) is -0.403. The Morgan fingerprint density at radius 3 is 2.19 bits per heavy atom. The Morgan fingerprint density at radius 2 is 1.51 bits per heavy atom. The molecule has 15 atom stereocenters. The van der Waals surface area contributed by atoms with Gasteiger partial charge in [0.25, 0.3) is 0 Å². The predicted molar refractivity (Wildman–Crippen MR) is 143 cm³/mol. The average molecular weight is 610 g/mol. The molecular formula is C29H39NO13. The molecule has 2 aliphatic carbocycles. The molecule has 4 aliphatic heterocycles. The Kier molecular flexibility index (Phi) is 7.52. The number of nitrogens with zero attached hydrogens (tertiary/aromatic N) is 1. The highest BCUT2D eigenvalue weighted by atomic mass is 16.7. The summed E-state index contributed by atoms with van der Waals surface area (Å²) in [4.78, 5) is 2.33. The second-order valence-corrected chi connectivity index (χ2v) is 12.5. The summed E-state index contributed by atoms with van der Waals surface area (Å²) < 4.78 is 30.3. The van der Waals surface area contributed by atoms with Crippen LogP contribution in [0.3, 0.4) is 0 Å². The number of piperidine rings is 1. The monoisotopic (exact) mass is 609 g/mol. The van der Waals surface area contributed by atoms with Crippen molar-refractivity contribution >= 4 is 0 Å². The van der Waals surface area contributed by atoms with Crippen molar-refractivity contribution in [3.05, 3.63) is 35.4 Å². The van der Waals surface area contributed by atoms with Crippen LogP contribution in [0.2, 0.25) is 0 Å². The molecule has 7 rings (SSSR count). The van der Waals surface area contributed by atoms with Crippen molar-refractivity contribution in [3.8, 4) is 11.5 Å². The van der Waals surface area contributed by atoms with E-state index in [4.69, 9.17) is 23.7 Å². The number of benzene rings is 1. The van der Waals surface area contributed by atoms with Crippen LogP contribution in [0.25, 0.3) is 0 Å². The van der Waals surface area contributed by atoms with Crippen LogP contribution in [-0.4, -0.2) is 152 Å². The van der Waals surface area contributed by atoms with Gasteiger partial charge in [-0.05, 0) is 38.1 Å². The predicted octanol–water partition coefficient (Wildman–Crippen LogP) is -3.50. The van der Waals surface area contributed by atoms with Gasteiger partial charge in [0.2, 0.25) is 6.29 Å². The molecule has 4 heterocycles. The van der Waals surface area contributed by atoms with E-state index in [1.165, 1.54) is 0 Å². The fourth-order valence-corrected chi connectivity index (χ4v) is 8.04. The molecule has 1 aromatic rings. The van der Waals surface area contributed by atoms with Crippen LogP contribution in [0.1, 0.15) is 17.5 Å². The average Bonchev–Trinajstić information content (AvgIpc) is 3.36. The van der Waals surface area contributed by atoms with E-state index >= 15 is 0 Å². The zero-order valence-electron chi connectivity index (χ0n) is 23.5. The molecule has 0 amide bonds. The van der Waals surface area contributed by atoms with Gasteiger partial charge in [0, 0.05) is 22.9 Å². The third-order valence-electron chi connectivity index (χ3n) is 10.3. The Hall–Kier alpha value is -1.92. The first kappa shape index (κ1) is 29.8. The Labute approximate surface area is 247 Å². The van der Waals surface area contributed by atoms with Crippen LogP contribution >= 0.6 is 0 Å². The minimum Gasteiger partial charge on any atom is -0.482 e. The summed E-state index contributed by atoms with van der Waals surface area (Å²) in [6.07, 6.45) is -10.4. The molecule has 238 valence electrons. The molecule has 1 aromatic carbocycles. The lowest BCUT2D eigenvalue weighted by atomic mass is 9.53. The lowest BCUT2D eigenvalue weighted by Gasteiger charge is -2.57. The van der Waals surface area contributed by atoms with Crippen molar-refractivity contribution in [3.63, 3.8) is 0 Å². The second kappa shape index (κ2) is 10.9. The maximum Gasteiger partial charge on any atom is 0.229 e. The van der Waals surface area contributed by atoms with Gasteiger partial charge in [-0.25, -0.2) is 0 Å². The minimum absolute atomic E-state index is 0.0437. The van der Waals surface area contributed by atoms with E-state index in [1.54, 1.807) is 6.07 Å². The van der Waals surface area contributed by atoms with E-state index in [2.05, 4.69) is 18.0 Å². The standard InChI is InChI=1S/C29H39NO13/c1-30-7-6-29-12-3-5-15(40-28-24(38)22(36)20(34)17(10-32)42-28)26(29)43-25-14(4-2-11(18(25)29)8-13(12)30)39-27-23(37)21(35)19(33)16(9-31)41-27/h2-5,12-13,15-17,19-24,26-28,31-38H,6-10H2,1H3/t12-,13+,15?,16+,17+,19+,20+,21-,22-,23+,24+,26-,27+,28+,29-/m0/s1. The lowest BCUT2D eigenvalue weighted by Crippen LogP contribution is -2.66. The van der Waals surface area contributed by atoms with Gasteiger partial charge < -0.3 is 69.4 Å². The zero-order chi connectivity index (χ0) is 30.4. The summed E-state index contributed by atoms with van der Waals surface area (Å²) in [7, 11) is 2.09. The first-order chi connectivity index (χ1) is 20.6. The van der Waals surface area contributed by atoms with Gasteiger partial charge in [0.1, 0.15) is 61.0 Å². The summed E-state index contributed by atoms with van der Waals surface area (Å²) in [6, 6.07) is 3.83. The first-order valence-electron chi connectivity index (χ1n) is 14.8. The van der Waals surface area contributed by atoms with Gasteiger partial charge in [-0.1, -0.05) is 18.2 Å². The normalized spacial score (nSPS) is 48.5. The highest BCUT2D eigenvalue weighted by Crippen LogP contribution is 2.63. The number of ether oxygens (including phenoxy) is 5. The molecule has 43 heavy (non-hydrogen) atoms. The van der Waals surface area contributed by atoms with Gasteiger partial charge in [0.05, 0.1) is 13.2 Å². The molecule has 2 bridgehead atoms. The number of hydrogen-bond acceptors (Lipinski definition) is 14. The van der Waals surface area contributed by atoms with Crippen molar-refractivity contribution in [1.29, 1.82) is 0 Å². The molecule has 14 nitrogen and oxygen atoms in total. The van der Waals surface area contributed by atoms with Crippen molar-refractivity contribution in [2.75, 3.05) is 26.8 Å². The van der Waals surface area contributed by atoms with Gasteiger partial charge in [0.15, 0.2) is 17.8 Å². The van der Waals surface area contributed by atoms with Crippen LogP contribution in [0.15, 0.2) is 24.3 Å². The molecule has 0 aromatic heterocycles. The van der Waals surface area contributed by atoms with E-state index in [0.717, 1.165) is 24.1 Å². The summed E-state index contributed by atoms with van der Waals surface area (Å²) in [5.41, 5.74) is 1.46. The number of likely N-dealkylation sites (tertiary alicyclic amines) is 1. The number of hydrogen-bond donors (Lipinski definition) is 8. The summed E-state index contributed by atoms with van der Waals surface area (Å²) in [5, 5.41) is 81.7. The van der Waals surface area contributed by atoms with Crippen LogP contribution < -0.4 is 9.47 Å². The number of aliphatic hydroxyl groups excluding tert-OH is 8. The van der Waals surface area contributed by atoms with Gasteiger partial charge in [-0.15, -0.1) is 0 Å². The van der Waals surface area contributed by atoms with E-state index in [0.29, 0.717) is 12.2 Å². The largest absolute Gasteiger partial charge is 0.482 e. The van der Waals surface area contributed by atoms with Crippen molar-refractivity contribution in [2.45, 2.75) is 97.9 Å². The first-order valence-corrected chi connectivity index (χ1v) is 14.8. The Balaban J connectivity index is 1.24. The van der Waals surface area contributed by atoms with E-state index in [-0.39, 0.29) is 17.7 Å². The number of likely N-dealkylation sites (N-methyl/N-ethyl adjacent to an activating group) is 1. The van der Waals surface area contributed by atoms with Crippen LogP contribution in [0, 0.1) is 5.92 Å². The molecule has 1 unspecified atom stereocenters. The Morgan fingerprint density at radius 1 is 0.860 bits per heavy atom. The quantitative estimate of drug-likeness (QED) is 0.147. The van der Waals surface area contributed by atoms with Crippen LogP contribution in [0.5, 0.6) is 11.5 Å². The van der Waals surface area contributed by atoms with Crippen molar-refractivity contribution in [2.24, 2.45) is 5.92 Å². The fourth-order valence-electron chi connectivity index (χ4n) is 8.04. The third kappa shape index (κ3) is 4.31. The fraction of sp³-hybridized carbons (Fsp3) is 0.724. The molecule has 0 radical (unpaired) electrons. The van der Waals surface area contributed by atoms with E-state index < -0.39 is 92.2 Å². The van der Waals surface area contributed by atoms with Crippen LogP contribution in [-0.2, 0) is 26.0 Å². The third-order valence-corrected chi connectivity index (χ3v) is 10.3. The molecule has 1 spiro atoms. The number of aliphatic hydroxyl groups is 8. The molecule has 8 N–H and O–H groups in total. The molecule has 3 fully saturated rings. The SMILES string of the molecule is CN1CC[C@]23c4c5ccc(O[C@@H]6O[C@H](CO)[C@@H](O)[C@H](O)[C@H]6O)c4O[C@H]2C(O[C@@H]2O[C@H](CO)[C@@H](O)[C@H](O)[C@H]2O)C=C[C@H]3[C@H]1C5. The van der Waals surface area contributed by atoms with E-state index in [1.807, 2.05) is 12.1 Å². The highest BCUT2D eigenvalue weighted by molar-refractivity contribution is 5.62. The summed E-state index contributed by atoms with van der Waals surface area (Å²) in [5.74, 6) is 0.718. The van der Waals surface area contributed by atoms with Gasteiger partial charge in [-0.2, -0.15) is 0 Å². The van der Waals surface area contributed by atoms with Gasteiger partial charge in [-0.3, -0.25) is 0 Å². The number of rotatable bonds is 6. The highest BCUT2D eigenvalue weighted by Gasteiger charge is 2.65. The van der Waals surface area contributed by atoms with Crippen molar-refractivity contribution in [1.82, 2.24) is 4.90 Å². The zero-order valence-corrected chi connectivity index (χ0v) is 23.5. The molecular weight excluding hydrogens is 570 g/mol. The molecule has 3 saturated heterocycles. The lowest BCUT2D eigenvalue weighted by molar-refractivity contribution is -0.314.